The van der Waals surface area contributed by atoms with Gasteiger partial charge in [0.2, 0.25) is 0 Å². The van der Waals surface area contributed by atoms with Crippen molar-refractivity contribution in [3.63, 3.8) is 0 Å². The van der Waals surface area contributed by atoms with Crippen LogP contribution in [0, 0.1) is 6.92 Å². The highest BCUT2D eigenvalue weighted by molar-refractivity contribution is 6.30. The molecule has 0 aliphatic carbocycles. The number of rotatable bonds is 7. The standard InChI is InChI=1S/C20H22ClNO5/c1-12-9-15(21)6-8-17(12)27-13(2)19(23)22-11-14-5-7-18(25-3)16(10-14)20(24)26-4/h5-10,13H,11H2,1-4H3,(H,22,23)/t13-/m0/s1. The zero-order chi connectivity index (χ0) is 20.0. The van der Waals surface area contributed by atoms with Crippen molar-refractivity contribution < 1.29 is 23.8 Å². The highest BCUT2D eigenvalue weighted by Gasteiger charge is 2.17. The Morgan fingerprint density at radius 3 is 2.44 bits per heavy atom. The lowest BCUT2D eigenvalue weighted by atomic mass is 10.1. The molecule has 0 aromatic heterocycles. The molecule has 0 aliphatic heterocycles. The number of carbonyl (C=O) groups is 2. The summed E-state index contributed by atoms with van der Waals surface area (Å²) in [6, 6.07) is 10.3. The summed E-state index contributed by atoms with van der Waals surface area (Å²) < 4.78 is 15.6. The first-order valence-electron chi connectivity index (χ1n) is 8.31. The van der Waals surface area contributed by atoms with Gasteiger partial charge in [0.15, 0.2) is 6.10 Å². The van der Waals surface area contributed by atoms with Crippen LogP contribution in [0.25, 0.3) is 0 Å². The highest BCUT2D eigenvalue weighted by atomic mass is 35.5. The molecule has 0 saturated heterocycles. The lowest BCUT2D eigenvalue weighted by Crippen LogP contribution is -2.36. The Labute approximate surface area is 163 Å². The monoisotopic (exact) mass is 391 g/mol. The van der Waals surface area contributed by atoms with Gasteiger partial charge in [0.1, 0.15) is 17.1 Å². The van der Waals surface area contributed by atoms with Crippen LogP contribution < -0.4 is 14.8 Å². The minimum atomic E-state index is -0.691. The Morgan fingerprint density at radius 1 is 1.11 bits per heavy atom. The van der Waals surface area contributed by atoms with Crippen molar-refractivity contribution >= 4 is 23.5 Å². The minimum absolute atomic E-state index is 0.236. The smallest absolute Gasteiger partial charge is 0.341 e. The van der Waals surface area contributed by atoms with Crippen molar-refractivity contribution in [3.8, 4) is 11.5 Å². The Hall–Kier alpha value is -2.73. The minimum Gasteiger partial charge on any atom is -0.496 e. The maximum absolute atomic E-state index is 12.3. The first-order chi connectivity index (χ1) is 12.8. The van der Waals surface area contributed by atoms with Gasteiger partial charge in [-0.15, -0.1) is 0 Å². The topological polar surface area (TPSA) is 73.9 Å². The number of halogens is 1. The van der Waals surface area contributed by atoms with Gasteiger partial charge in [0.25, 0.3) is 5.91 Å². The van der Waals surface area contributed by atoms with Gasteiger partial charge in [0.05, 0.1) is 14.2 Å². The molecule has 1 amide bonds. The van der Waals surface area contributed by atoms with Crippen LogP contribution in [0.1, 0.15) is 28.4 Å². The number of benzene rings is 2. The lowest BCUT2D eigenvalue weighted by molar-refractivity contribution is -0.127. The van der Waals surface area contributed by atoms with Gasteiger partial charge in [-0.2, -0.15) is 0 Å². The summed E-state index contributed by atoms with van der Waals surface area (Å²) in [5.74, 6) is 0.223. The predicted molar refractivity (Wildman–Crippen MR) is 102 cm³/mol. The third-order valence-corrected chi connectivity index (χ3v) is 4.18. The summed E-state index contributed by atoms with van der Waals surface area (Å²) in [7, 11) is 2.77. The summed E-state index contributed by atoms with van der Waals surface area (Å²) in [4.78, 5) is 24.2. The molecule has 0 aliphatic rings. The van der Waals surface area contributed by atoms with Crippen molar-refractivity contribution in [2.45, 2.75) is 26.5 Å². The van der Waals surface area contributed by atoms with Gasteiger partial charge in [0, 0.05) is 11.6 Å². The Kier molecular flexibility index (Phi) is 7.07. The van der Waals surface area contributed by atoms with E-state index in [1.54, 1.807) is 43.3 Å². The maximum Gasteiger partial charge on any atom is 0.341 e. The molecule has 27 heavy (non-hydrogen) atoms. The Morgan fingerprint density at radius 2 is 1.81 bits per heavy atom. The van der Waals surface area contributed by atoms with E-state index in [1.165, 1.54) is 14.2 Å². The first-order valence-corrected chi connectivity index (χ1v) is 8.69. The number of hydrogen-bond donors (Lipinski definition) is 1. The normalized spacial score (nSPS) is 11.4. The molecule has 0 heterocycles. The van der Waals surface area contributed by atoms with E-state index >= 15 is 0 Å². The second kappa shape index (κ2) is 9.28. The summed E-state index contributed by atoms with van der Waals surface area (Å²) >= 11 is 5.92. The molecule has 0 fully saturated rings. The molecule has 0 unspecified atom stereocenters. The van der Waals surface area contributed by atoms with Crippen molar-refractivity contribution in [1.82, 2.24) is 5.32 Å². The van der Waals surface area contributed by atoms with E-state index in [9.17, 15) is 9.59 Å². The molecule has 2 aromatic carbocycles. The molecular weight excluding hydrogens is 370 g/mol. The third kappa shape index (κ3) is 5.37. The van der Waals surface area contributed by atoms with Gasteiger partial charge in [-0.05, 0) is 55.3 Å². The number of hydrogen-bond acceptors (Lipinski definition) is 5. The molecule has 6 nitrogen and oxygen atoms in total. The Balaban J connectivity index is 2.01. The van der Waals surface area contributed by atoms with Crippen LogP contribution in [-0.2, 0) is 16.1 Å². The van der Waals surface area contributed by atoms with Crippen LogP contribution in [0.2, 0.25) is 5.02 Å². The van der Waals surface area contributed by atoms with Crippen LogP contribution in [0.4, 0.5) is 0 Å². The Bertz CT molecular complexity index is 837. The molecule has 1 atom stereocenters. The fourth-order valence-electron chi connectivity index (χ4n) is 2.46. The molecule has 0 bridgehead atoms. The van der Waals surface area contributed by atoms with Gasteiger partial charge in [-0.3, -0.25) is 4.79 Å². The molecular formula is C20H22ClNO5. The number of ether oxygens (including phenoxy) is 3. The van der Waals surface area contributed by atoms with Gasteiger partial charge < -0.3 is 19.5 Å². The summed E-state index contributed by atoms with van der Waals surface area (Å²) in [6.45, 7) is 3.76. The first kappa shape index (κ1) is 20.6. The predicted octanol–water partition coefficient (Wildman–Crippen LogP) is 3.53. The summed E-state index contributed by atoms with van der Waals surface area (Å²) in [5.41, 5.74) is 1.88. The van der Waals surface area contributed by atoms with Crippen LogP contribution in [0.3, 0.4) is 0 Å². The van der Waals surface area contributed by atoms with Gasteiger partial charge in [-0.1, -0.05) is 17.7 Å². The van der Waals surface area contributed by atoms with Crippen LogP contribution >= 0.6 is 11.6 Å². The second-order valence-corrected chi connectivity index (χ2v) is 6.35. The average Bonchev–Trinajstić information content (AvgIpc) is 2.67. The van der Waals surface area contributed by atoms with Crippen molar-refractivity contribution in [2.24, 2.45) is 0 Å². The second-order valence-electron chi connectivity index (χ2n) is 5.91. The van der Waals surface area contributed by atoms with E-state index in [1.807, 2.05) is 6.92 Å². The van der Waals surface area contributed by atoms with Crippen LogP contribution in [0.15, 0.2) is 36.4 Å². The van der Waals surface area contributed by atoms with E-state index in [0.717, 1.165) is 11.1 Å². The number of methoxy groups -OCH3 is 2. The number of esters is 1. The quantitative estimate of drug-likeness (QED) is 0.731. The van der Waals surface area contributed by atoms with Crippen LogP contribution in [-0.4, -0.2) is 32.2 Å². The average molecular weight is 392 g/mol. The number of nitrogens with one attached hydrogen (secondary N) is 1. The van der Waals surface area contributed by atoms with E-state index in [0.29, 0.717) is 22.1 Å². The molecule has 2 rings (SSSR count). The van der Waals surface area contributed by atoms with Crippen molar-refractivity contribution in [2.75, 3.05) is 14.2 Å². The fraction of sp³-hybridized carbons (Fsp3) is 0.300. The number of amides is 1. The number of carbonyl (C=O) groups excluding carboxylic acids is 2. The maximum atomic E-state index is 12.3. The SMILES string of the molecule is COC(=O)c1cc(CNC(=O)[C@H](C)Oc2ccc(Cl)cc2C)ccc1OC. The molecule has 0 spiro atoms. The molecule has 1 N–H and O–H groups in total. The zero-order valence-corrected chi connectivity index (χ0v) is 16.4. The lowest BCUT2D eigenvalue weighted by Gasteiger charge is -2.17. The summed E-state index contributed by atoms with van der Waals surface area (Å²) in [6.07, 6.45) is -0.691. The molecule has 0 saturated carbocycles. The molecule has 0 radical (unpaired) electrons. The zero-order valence-electron chi connectivity index (χ0n) is 15.7. The largest absolute Gasteiger partial charge is 0.496 e. The summed E-state index contributed by atoms with van der Waals surface area (Å²) in [5, 5.41) is 3.40. The fourth-order valence-corrected chi connectivity index (χ4v) is 2.68. The highest BCUT2D eigenvalue weighted by Crippen LogP contribution is 2.23. The van der Waals surface area contributed by atoms with Crippen molar-refractivity contribution in [1.29, 1.82) is 0 Å². The third-order valence-electron chi connectivity index (χ3n) is 3.95. The van der Waals surface area contributed by atoms with Gasteiger partial charge in [-0.25, -0.2) is 4.79 Å². The van der Waals surface area contributed by atoms with Gasteiger partial charge >= 0.3 is 5.97 Å². The molecule has 144 valence electrons. The van der Waals surface area contributed by atoms with E-state index < -0.39 is 12.1 Å². The molecule has 2 aromatic rings. The molecule has 7 heteroatoms. The van der Waals surface area contributed by atoms with E-state index in [2.05, 4.69) is 5.32 Å². The van der Waals surface area contributed by atoms with Crippen molar-refractivity contribution in [3.05, 3.63) is 58.1 Å². The number of aryl methyl sites for hydroxylation is 1. The van der Waals surface area contributed by atoms with E-state index in [-0.39, 0.29) is 12.5 Å². The van der Waals surface area contributed by atoms with Crippen LogP contribution in [0.5, 0.6) is 11.5 Å². The van der Waals surface area contributed by atoms with E-state index in [4.69, 9.17) is 25.8 Å².